The monoisotopic (exact) mass is 388 g/mol. The third kappa shape index (κ3) is 3.42. The fourth-order valence-corrected chi connectivity index (χ4v) is 3.87. The average molecular weight is 388 g/mol. The van der Waals surface area contributed by atoms with Crippen LogP contribution in [0.5, 0.6) is 0 Å². The molecule has 0 aliphatic carbocycles. The molecule has 0 N–H and O–H groups in total. The molecule has 4 aromatic rings. The minimum absolute atomic E-state index is 0.579. The van der Waals surface area contributed by atoms with E-state index in [-0.39, 0.29) is 0 Å². The number of anilines is 1. The van der Waals surface area contributed by atoms with E-state index in [0.717, 1.165) is 59.9 Å². The first-order valence-corrected chi connectivity index (χ1v) is 10.1. The second-order valence-corrected chi connectivity index (χ2v) is 7.80. The summed E-state index contributed by atoms with van der Waals surface area (Å²) in [5.41, 5.74) is 4.94. The molecule has 0 spiro atoms. The number of hydrogen-bond donors (Lipinski definition) is 0. The molecule has 1 aliphatic rings. The molecule has 1 fully saturated rings. The lowest BCUT2D eigenvalue weighted by Gasteiger charge is -2.37. The van der Waals surface area contributed by atoms with Crippen LogP contribution in [0.3, 0.4) is 0 Å². The van der Waals surface area contributed by atoms with Gasteiger partial charge in [0.1, 0.15) is 16.9 Å². The van der Waals surface area contributed by atoms with Crippen molar-refractivity contribution in [2.45, 2.75) is 26.8 Å². The lowest BCUT2D eigenvalue weighted by Crippen LogP contribution is -2.49. The van der Waals surface area contributed by atoms with Crippen LogP contribution in [-0.4, -0.2) is 57.1 Å². The normalized spacial score (nSPS) is 15.7. The summed E-state index contributed by atoms with van der Waals surface area (Å²) in [6.45, 7) is 10.3. The maximum atomic E-state index is 5.57. The summed E-state index contributed by atoms with van der Waals surface area (Å²) in [4.78, 5) is 23.4. The van der Waals surface area contributed by atoms with Gasteiger partial charge in [-0.05, 0) is 44.2 Å². The number of oxazole rings is 1. The molecule has 0 saturated carbocycles. The highest BCUT2D eigenvalue weighted by Crippen LogP contribution is 2.25. The Morgan fingerprint density at radius 3 is 2.55 bits per heavy atom. The van der Waals surface area contributed by atoms with Crippen LogP contribution in [0.25, 0.3) is 33.5 Å². The fourth-order valence-electron chi connectivity index (χ4n) is 3.87. The topological polar surface area (TPSA) is 71.2 Å². The van der Waals surface area contributed by atoms with Gasteiger partial charge in [-0.3, -0.25) is 4.90 Å². The summed E-state index contributed by atoms with van der Waals surface area (Å²) in [6, 6.07) is 10.5. The molecule has 0 amide bonds. The van der Waals surface area contributed by atoms with Gasteiger partial charge in [-0.25, -0.2) is 19.9 Å². The van der Waals surface area contributed by atoms with E-state index < -0.39 is 0 Å². The van der Waals surface area contributed by atoms with E-state index in [9.17, 15) is 0 Å². The summed E-state index contributed by atoms with van der Waals surface area (Å²) in [5.74, 6) is 1.56. The highest BCUT2D eigenvalue weighted by Gasteiger charge is 2.20. The first-order valence-electron chi connectivity index (χ1n) is 10.1. The third-order valence-electron chi connectivity index (χ3n) is 5.55. The van der Waals surface area contributed by atoms with Crippen molar-refractivity contribution in [3.63, 3.8) is 0 Å². The van der Waals surface area contributed by atoms with Crippen molar-refractivity contribution in [1.29, 1.82) is 0 Å². The minimum atomic E-state index is 0.579. The van der Waals surface area contributed by atoms with Crippen LogP contribution in [0.4, 0.5) is 5.82 Å². The van der Waals surface area contributed by atoms with E-state index in [4.69, 9.17) is 14.4 Å². The van der Waals surface area contributed by atoms with Crippen molar-refractivity contribution in [3.8, 4) is 11.3 Å². The zero-order valence-electron chi connectivity index (χ0n) is 17.0. The summed E-state index contributed by atoms with van der Waals surface area (Å²) < 4.78 is 5.57. The maximum absolute atomic E-state index is 5.57. The van der Waals surface area contributed by atoms with Crippen LogP contribution in [0.1, 0.15) is 19.7 Å². The van der Waals surface area contributed by atoms with Crippen LogP contribution < -0.4 is 4.90 Å². The molecule has 1 aromatic carbocycles. The molecular formula is C22H24N6O. The smallest absolute Gasteiger partial charge is 0.192 e. The molecule has 3 aromatic heterocycles. The molecule has 5 rings (SSSR count). The number of fused-ring (bicyclic) bond motifs is 2. The highest BCUT2D eigenvalue weighted by molar-refractivity contribution is 5.81. The lowest BCUT2D eigenvalue weighted by atomic mass is 10.1. The van der Waals surface area contributed by atoms with Gasteiger partial charge in [-0.15, -0.1) is 0 Å². The van der Waals surface area contributed by atoms with Crippen molar-refractivity contribution >= 4 is 28.1 Å². The number of pyridine rings is 1. The number of benzene rings is 1. The van der Waals surface area contributed by atoms with Gasteiger partial charge in [0, 0.05) is 44.7 Å². The number of nitrogens with zero attached hydrogens (tertiary/aromatic N) is 6. The molecular weight excluding hydrogens is 364 g/mol. The SMILES string of the molecule is Cc1nc2cc(-c3ccc4ncc(N5CCN(C(C)C)CC5)nc4n3)ccc2o1. The molecule has 0 atom stereocenters. The van der Waals surface area contributed by atoms with E-state index in [2.05, 4.69) is 33.6 Å². The minimum Gasteiger partial charge on any atom is -0.441 e. The van der Waals surface area contributed by atoms with Crippen LogP contribution in [0, 0.1) is 6.92 Å². The predicted molar refractivity (Wildman–Crippen MR) is 114 cm³/mol. The summed E-state index contributed by atoms with van der Waals surface area (Å²) in [5, 5.41) is 0. The standard InChI is InChI=1S/C22H24N6O/c1-14(2)27-8-10-28(11-9-27)21-13-23-18-6-5-17(25-22(18)26-21)16-4-7-20-19(12-16)24-15(3)29-20/h4-7,12-14H,8-11H2,1-3H3. The molecule has 1 saturated heterocycles. The van der Waals surface area contributed by atoms with E-state index in [1.807, 2.05) is 43.5 Å². The first kappa shape index (κ1) is 18.0. The maximum Gasteiger partial charge on any atom is 0.192 e. The molecule has 148 valence electrons. The van der Waals surface area contributed by atoms with Crippen molar-refractivity contribution in [2.75, 3.05) is 31.1 Å². The van der Waals surface area contributed by atoms with Gasteiger partial charge >= 0.3 is 0 Å². The quantitative estimate of drug-likeness (QED) is 0.530. The van der Waals surface area contributed by atoms with Gasteiger partial charge in [0.2, 0.25) is 0 Å². The molecule has 0 radical (unpaired) electrons. The van der Waals surface area contributed by atoms with Gasteiger partial charge < -0.3 is 9.32 Å². The Labute approximate surface area is 169 Å². The molecule has 29 heavy (non-hydrogen) atoms. The number of piperazine rings is 1. The number of aromatic nitrogens is 4. The Morgan fingerprint density at radius 2 is 1.76 bits per heavy atom. The zero-order chi connectivity index (χ0) is 20.0. The number of aryl methyl sites for hydroxylation is 1. The van der Waals surface area contributed by atoms with Gasteiger partial charge in [-0.1, -0.05) is 0 Å². The summed E-state index contributed by atoms with van der Waals surface area (Å²) in [6.07, 6.45) is 1.86. The molecule has 1 aliphatic heterocycles. The highest BCUT2D eigenvalue weighted by atomic mass is 16.3. The van der Waals surface area contributed by atoms with Crippen LogP contribution >= 0.6 is 0 Å². The van der Waals surface area contributed by atoms with Crippen molar-refractivity contribution in [3.05, 3.63) is 42.4 Å². The number of hydrogen-bond acceptors (Lipinski definition) is 7. The average Bonchev–Trinajstić information content (AvgIpc) is 3.12. The van der Waals surface area contributed by atoms with Gasteiger partial charge in [0.15, 0.2) is 17.1 Å². The number of rotatable bonds is 3. The Bertz CT molecular complexity index is 1180. The molecule has 0 unspecified atom stereocenters. The van der Waals surface area contributed by atoms with Crippen LogP contribution in [0.2, 0.25) is 0 Å². The third-order valence-corrected chi connectivity index (χ3v) is 5.55. The van der Waals surface area contributed by atoms with Crippen LogP contribution in [-0.2, 0) is 0 Å². The zero-order valence-corrected chi connectivity index (χ0v) is 17.0. The Kier molecular flexibility index (Phi) is 4.39. The largest absolute Gasteiger partial charge is 0.441 e. The van der Waals surface area contributed by atoms with Gasteiger partial charge in [0.25, 0.3) is 0 Å². The first-order chi connectivity index (χ1) is 14.1. The Hall–Kier alpha value is -3.06. The van der Waals surface area contributed by atoms with Gasteiger partial charge in [-0.2, -0.15) is 0 Å². The Morgan fingerprint density at radius 1 is 0.931 bits per heavy atom. The Balaban J connectivity index is 1.46. The van der Waals surface area contributed by atoms with Crippen LogP contribution in [0.15, 0.2) is 40.9 Å². The van der Waals surface area contributed by atoms with Crippen molar-refractivity contribution in [2.24, 2.45) is 0 Å². The predicted octanol–water partition coefficient (Wildman–Crippen LogP) is 3.67. The fraction of sp³-hybridized carbons (Fsp3) is 0.364. The second-order valence-electron chi connectivity index (χ2n) is 7.80. The second kappa shape index (κ2) is 7.08. The molecule has 0 bridgehead atoms. The van der Waals surface area contributed by atoms with Gasteiger partial charge in [0.05, 0.1) is 11.9 Å². The molecule has 7 heteroatoms. The van der Waals surface area contributed by atoms with Crippen molar-refractivity contribution < 1.29 is 4.42 Å². The summed E-state index contributed by atoms with van der Waals surface area (Å²) >= 11 is 0. The van der Waals surface area contributed by atoms with Crippen molar-refractivity contribution in [1.82, 2.24) is 24.8 Å². The lowest BCUT2D eigenvalue weighted by molar-refractivity contribution is 0.209. The van der Waals surface area contributed by atoms with E-state index in [1.165, 1.54) is 0 Å². The van der Waals surface area contributed by atoms with E-state index >= 15 is 0 Å². The molecule has 4 heterocycles. The van der Waals surface area contributed by atoms with E-state index in [0.29, 0.717) is 17.6 Å². The summed E-state index contributed by atoms with van der Waals surface area (Å²) in [7, 11) is 0. The molecule has 7 nitrogen and oxygen atoms in total. The van der Waals surface area contributed by atoms with E-state index in [1.54, 1.807) is 0 Å².